The minimum atomic E-state index is -2.94. The first-order valence-corrected chi connectivity index (χ1v) is 14.0. The first kappa shape index (κ1) is 32.8. The molecule has 0 aliphatic carbocycles. The van der Waals surface area contributed by atoms with Crippen molar-refractivity contribution in [3.8, 4) is 17.0 Å². The summed E-state index contributed by atoms with van der Waals surface area (Å²) in [6, 6.07) is 12.4. The second kappa shape index (κ2) is 12.3. The van der Waals surface area contributed by atoms with Gasteiger partial charge in [0.05, 0.1) is 24.4 Å². The smallest absolute Gasteiger partial charge is 0.333 e. The van der Waals surface area contributed by atoms with Gasteiger partial charge < -0.3 is 15.2 Å². The molecular formula is C32H25ClF6N4O3. The maximum atomic E-state index is 15.8. The minimum Gasteiger partial charge on any atom is -0.494 e. The molecule has 0 radical (unpaired) electrons. The van der Waals surface area contributed by atoms with E-state index < -0.39 is 69.6 Å². The summed E-state index contributed by atoms with van der Waals surface area (Å²) in [5.41, 5.74) is -6.85. The molecule has 3 aromatic carbocycles. The van der Waals surface area contributed by atoms with E-state index in [-0.39, 0.29) is 33.5 Å². The van der Waals surface area contributed by atoms with Crippen molar-refractivity contribution in [3.05, 3.63) is 112 Å². The molecule has 1 amide bonds. The lowest BCUT2D eigenvalue weighted by Crippen LogP contribution is -2.42. The third kappa shape index (κ3) is 6.12. The molecule has 46 heavy (non-hydrogen) atoms. The van der Waals surface area contributed by atoms with Crippen molar-refractivity contribution in [3.63, 3.8) is 0 Å². The maximum Gasteiger partial charge on any atom is 0.333 e. The molecule has 0 aliphatic rings. The van der Waals surface area contributed by atoms with Crippen LogP contribution < -0.4 is 10.1 Å². The number of nitrogens with one attached hydrogen (secondary N) is 1. The summed E-state index contributed by atoms with van der Waals surface area (Å²) in [5, 5.41) is 18.1. The Morgan fingerprint density at radius 1 is 1.07 bits per heavy atom. The number of ether oxygens (including phenoxy) is 1. The molecule has 0 saturated carbocycles. The molecule has 5 aromatic rings. The summed E-state index contributed by atoms with van der Waals surface area (Å²) < 4.78 is 92.3. The maximum absolute atomic E-state index is 15.8. The summed E-state index contributed by atoms with van der Waals surface area (Å²) in [6.07, 6.45) is 1.03. The van der Waals surface area contributed by atoms with E-state index in [1.165, 1.54) is 31.4 Å². The monoisotopic (exact) mass is 662 g/mol. The Morgan fingerprint density at radius 2 is 1.76 bits per heavy atom. The summed E-state index contributed by atoms with van der Waals surface area (Å²) in [7, 11) is 1.27. The number of methoxy groups -OCH3 is 1. The molecule has 0 bridgehead atoms. The molecule has 7 nitrogen and oxygen atoms in total. The van der Waals surface area contributed by atoms with Gasteiger partial charge in [-0.3, -0.25) is 4.79 Å². The van der Waals surface area contributed by atoms with Gasteiger partial charge in [-0.1, -0.05) is 41.9 Å². The molecule has 14 heteroatoms. The van der Waals surface area contributed by atoms with Crippen LogP contribution in [-0.4, -0.2) is 39.4 Å². The SMILES string of the molecule is COc1cc(C(=O)NC[C@@](O)(c2ccccc2)c2cc(C(C)(C)F)c(F)c(-c3cc(Cl)c(F)cc3F)n2)cc2cn(C(F)F)nc12. The average molecular weight is 663 g/mol. The van der Waals surface area contributed by atoms with Crippen molar-refractivity contribution in [2.24, 2.45) is 0 Å². The summed E-state index contributed by atoms with van der Waals surface area (Å²) in [6.45, 7) is -1.50. The molecule has 0 spiro atoms. The molecule has 0 aliphatic heterocycles. The molecule has 2 heterocycles. The van der Waals surface area contributed by atoms with E-state index in [0.717, 1.165) is 32.2 Å². The second-order valence-electron chi connectivity index (χ2n) is 10.8. The highest BCUT2D eigenvalue weighted by Gasteiger charge is 2.38. The standard InChI is InChI=1S/C32H25ClF6N4O3/c1-31(2,39)20-12-25(41-28(26(20)36)19-11-21(33)23(35)13-22(19)34)32(45,18-7-5-4-6-8-18)15-40-29(44)16-9-17-14-43(30(37)38)42-27(17)24(10-16)46-3/h4-14,30,45H,15H2,1-3H3,(H,40,44)/t32-/m1/s1. The van der Waals surface area contributed by atoms with Crippen molar-refractivity contribution in [1.29, 1.82) is 0 Å². The summed E-state index contributed by atoms with van der Waals surface area (Å²) >= 11 is 5.85. The van der Waals surface area contributed by atoms with Crippen LogP contribution in [0.3, 0.4) is 0 Å². The lowest BCUT2D eigenvalue weighted by molar-refractivity contribution is 0.0573. The van der Waals surface area contributed by atoms with E-state index in [4.69, 9.17) is 16.3 Å². The highest BCUT2D eigenvalue weighted by atomic mass is 35.5. The number of aromatic nitrogens is 3. The fourth-order valence-corrected chi connectivity index (χ4v) is 5.09. The topological polar surface area (TPSA) is 89.3 Å². The largest absolute Gasteiger partial charge is 0.494 e. The van der Waals surface area contributed by atoms with Crippen LogP contribution in [0.4, 0.5) is 26.3 Å². The molecule has 2 aromatic heterocycles. The number of alkyl halides is 3. The van der Waals surface area contributed by atoms with Crippen molar-refractivity contribution in [2.75, 3.05) is 13.7 Å². The zero-order valence-corrected chi connectivity index (χ0v) is 25.1. The lowest BCUT2D eigenvalue weighted by atomic mass is 9.86. The van der Waals surface area contributed by atoms with E-state index in [9.17, 15) is 27.5 Å². The van der Waals surface area contributed by atoms with Crippen LogP contribution >= 0.6 is 11.6 Å². The van der Waals surface area contributed by atoms with Crippen LogP contribution in [0, 0.1) is 17.5 Å². The Balaban J connectivity index is 1.63. The molecule has 2 N–H and O–H groups in total. The Hall–Kier alpha value is -4.62. The Kier molecular flexibility index (Phi) is 8.75. The molecule has 0 saturated heterocycles. The molecule has 0 fully saturated rings. The van der Waals surface area contributed by atoms with E-state index in [0.29, 0.717) is 10.7 Å². The van der Waals surface area contributed by atoms with Crippen LogP contribution in [-0.2, 0) is 11.3 Å². The van der Waals surface area contributed by atoms with Crippen molar-refractivity contribution < 1.29 is 41.0 Å². The van der Waals surface area contributed by atoms with Gasteiger partial charge in [-0.2, -0.15) is 13.9 Å². The van der Waals surface area contributed by atoms with Crippen LogP contribution in [0.5, 0.6) is 5.75 Å². The number of aliphatic hydroxyl groups is 1. The number of amides is 1. The van der Waals surface area contributed by atoms with Gasteiger partial charge in [-0.25, -0.2) is 27.2 Å². The van der Waals surface area contributed by atoms with Gasteiger partial charge in [0.2, 0.25) is 0 Å². The van der Waals surface area contributed by atoms with Crippen molar-refractivity contribution >= 4 is 28.4 Å². The number of rotatable bonds is 9. The summed E-state index contributed by atoms with van der Waals surface area (Å²) in [4.78, 5) is 17.6. The van der Waals surface area contributed by atoms with Gasteiger partial charge in [0, 0.05) is 34.3 Å². The first-order valence-electron chi connectivity index (χ1n) is 13.6. The van der Waals surface area contributed by atoms with E-state index in [1.807, 2.05) is 0 Å². The Morgan fingerprint density at radius 3 is 2.39 bits per heavy atom. The molecule has 240 valence electrons. The van der Waals surface area contributed by atoms with Crippen LogP contribution in [0.2, 0.25) is 5.02 Å². The highest BCUT2D eigenvalue weighted by molar-refractivity contribution is 6.31. The van der Waals surface area contributed by atoms with E-state index >= 15 is 8.78 Å². The van der Waals surface area contributed by atoms with Crippen molar-refractivity contribution in [2.45, 2.75) is 31.7 Å². The number of hydrogen-bond donors (Lipinski definition) is 2. The van der Waals surface area contributed by atoms with E-state index in [2.05, 4.69) is 15.4 Å². The number of nitrogens with zero attached hydrogens (tertiary/aromatic N) is 3. The minimum absolute atomic E-state index is 0.0278. The third-order valence-corrected chi connectivity index (χ3v) is 7.61. The third-order valence-electron chi connectivity index (χ3n) is 7.32. The van der Waals surface area contributed by atoms with E-state index in [1.54, 1.807) is 18.2 Å². The van der Waals surface area contributed by atoms with Crippen molar-refractivity contribution in [1.82, 2.24) is 20.1 Å². The number of carbonyl (C=O) groups excluding carboxylic acids is 1. The molecular weight excluding hydrogens is 638 g/mol. The van der Waals surface area contributed by atoms with Gasteiger partial charge in [-0.15, -0.1) is 0 Å². The van der Waals surface area contributed by atoms with Gasteiger partial charge in [0.25, 0.3) is 5.91 Å². The number of pyridine rings is 1. The van der Waals surface area contributed by atoms with Crippen LogP contribution in [0.1, 0.15) is 47.6 Å². The Bertz CT molecular complexity index is 1950. The number of fused-ring (bicyclic) bond motifs is 1. The second-order valence-corrected chi connectivity index (χ2v) is 11.3. The van der Waals surface area contributed by atoms with Crippen LogP contribution in [0.15, 0.2) is 66.9 Å². The normalized spacial score (nSPS) is 13.2. The van der Waals surface area contributed by atoms with Gasteiger partial charge in [0.15, 0.2) is 5.82 Å². The van der Waals surface area contributed by atoms with Gasteiger partial charge >= 0.3 is 6.55 Å². The Labute approximate surface area is 263 Å². The fraction of sp³-hybridized carbons (Fsp3) is 0.219. The quantitative estimate of drug-likeness (QED) is 0.127. The zero-order valence-electron chi connectivity index (χ0n) is 24.4. The predicted octanol–water partition coefficient (Wildman–Crippen LogP) is 7.44. The van der Waals surface area contributed by atoms with Crippen LogP contribution in [0.25, 0.3) is 22.2 Å². The highest BCUT2D eigenvalue weighted by Crippen LogP contribution is 2.39. The number of benzene rings is 3. The number of halogens is 7. The molecule has 5 rings (SSSR count). The predicted molar refractivity (Wildman–Crippen MR) is 158 cm³/mol. The van der Waals surface area contributed by atoms with Gasteiger partial charge in [0.1, 0.15) is 39.9 Å². The fourth-order valence-electron chi connectivity index (χ4n) is 4.93. The molecule has 1 atom stereocenters. The molecule has 0 unspecified atom stereocenters. The summed E-state index contributed by atoms with van der Waals surface area (Å²) in [5.74, 6) is -4.40. The average Bonchev–Trinajstić information content (AvgIpc) is 3.46. The first-order chi connectivity index (χ1) is 21.6. The number of hydrogen-bond acceptors (Lipinski definition) is 5. The van der Waals surface area contributed by atoms with Gasteiger partial charge in [-0.05, 0) is 43.7 Å². The lowest BCUT2D eigenvalue weighted by Gasteiger charge is -2.31. The number of carbonyl (C=O) groups is 1. The zero-order chi connectivity index (χ0) is 33.6.